The smallest absolute Gasteiger partial charge is 0.274 e. The van der Waals surface area contributed by atoms with Crippen molar-refractivity contribution in [3.05, 3.63) is 81.0 Å². The Morgan fingerprint density at radius 2 is 1.93 bits per heavy atom. The van der Waals surface area contributed by atoms with Crippen LogP contribution in [0.25, 0.3) is 17.2 Å². The van der Waals surface area contributed by atoms with E-state index in [9.17, 15) is 9.18 Å². The predicted molar refractivity (Wildman–Crippen MR) is 103 cm³/mol. The number of aromatic nitrogens is 4. The van der Waals surface area contributed by atoms with Crippen molar-refractivity contribution < 1.29 is 4.39 Å². The second kappa shape index (κ2) is 6.85. The number of nitrogens with one attached hydrogen (secondary N) is 2. The van der Waals surface area contributed by atoms with Gasteiger partial charge in [-0.1, -0.05) is 11.6 Å². The molecule has 136 valence electrons. The van der Waals surface area contributed by atoms with Crippen molar-refractivity contribution in [3.8, 4) is 11.4 Å². The predicted octanol–water partition coefficient (Wildman–Crippen LogP) is 3.80. The van der Waals surface area contributed by atoms with Gasteiger partial charge < -0.3 is 5.32 Å². The summed E-state index contributed by atoms with van der Waals surface area (Å²) in [6.45, 7) is 2.31. The Balaban J connectivity index is 1.63. The Kier molecular flexibility index (Phi) is 4.37. The van der Waals surface area contributed by atoms with Crippen LogP contribution in [0.4, 0.5) is 10.1 Å². The van der Waals surface area contributed by atoms with Gasteiger partial charge in [-0.15, -0.1) is 0 Å². The molecule has 0 spiro atoms. The summed E-state index contributed by atoms with van der Waals surface area (Å²) in [6, 6.07) is 12.8. The standard InChI is InChI=1S/C19H15ClFN5O/c1-11-8-13(20)4-7-16(11)22-10-15-9-17(27)26-19(23-15)24-18(25-26)12-2-5-14(21)6-3-12/h2-9,22H,10H2,1H3,(H,23,24,25). The number of hydrogen-bond acceptors (Lipinski definition) is 4. The minimum absolute atomic E-state index is 0.256. The highest BCUT2D eigenvalue weighted by Gasteiger charge is 2.10. The molecule has 8 heteroatoms. The summed E-state index contributed by atoms with van der Waals surface area (Å²) in [6.07, 6.45) is 0. The van der Waals surface area contributed by atoms with Gasteiger partial charge in [-0.25, -0.2) is 9.37 Å². The molecule has 2 N–H and O–H groups in total. The van der Waals surface area contributed by atoms with E-state index in [0.717, 1.165) is 11.3 Å². The zero-order valence-corrected chi connectivity index (χ0v) is 15.1. The average Bonchev–Trinajstić information content (AvgIpc) is 3.06. The van der Waals surface area contributed by atoms with Crippen molar-refractivity contribution in [1.29, 1.82) is 0 Å². The highest BCUT2D eigenvalue weighted by atomic mass is 35.5. The Morgan fingerprint density at radius 3 is 2.67 bits per heavy atom. The Hall–Kier alpha value is -3.19. The van der Waals surface area contributed by atoms with Crippen molar-refractivity contribution in [1.82, 2.24) is 19.6 Å². The summed E-state index contributed by atoms with van der Waals surface area (Å²) in [5.41, 5.74) is 2.86. The SMILES string of the molecule is Cc1cc(Cl)ccc1NCc1cc(=O)n2[nH]c(-c3ccc(F)cc3)nc2n1. The minimum Gasteiger partial charge on any atom is -0.379 e. The maximum Gasteiger partial charge on any atom is 0.274 e. The van der Waals surface area contributed by atoms with E-state index in [0.29, 0.717) is 28.6 Å². The molecule has 6 nitrogen and oxygen atoms in total. The van der Waals surface area contributed by atoms with E-state index in [1.165, 1.54) is 22.7 Å². The van der Waals surface area contributed by atoms with Crippen LogP contribution >= 0.6 is 11.6 Å². The van der Waals surface area contributed by atoms with Crippen molar-refractivity contribution in [3.63, 3.8) is 0 Å². The summed E-state index contributed by atoms with van der Waals surface area (Å²) in [4.78, 5) is 21.1. The van der Waals surface area contributed by atoms with Gasteiger partial charge >= 0.3 is 0 Å². The molecule has 27 heavy (non-hydrogen) atoms. The van der Waals surface area contributed by atoms with Gasteiger partial charge in [0.1, 0.15) is 5.82 Å². The number of H-pyrrole nitrogens is 1. The van der Waals surface area contributed by atoms with Crippen LogP contribution in [0, 0.1) is 12.7 Å². The molecule has 0 atom stereocenters. The number of fused-ring (bicyclic) bond motifs is 1. The summed E-state index contributed by atoms with van der Waals surface area (Å²) >= 11 is 5.96. The minimum atomic E-state index is -0.337. The zero-order chi connectivity index (χ0) is 19.0. The fraction of sp³-hybridized carbons (Fsp3) is 0.105. The van der Waals surface area contributed by atoms with Gasteiger partial charge in [0.2, 0.25) is 0 Å². The molecule has 0 aliphatic carbocycles. The molecule has 2 heterocycles. The van der Waals surface area contributed by atoms with Crippen LogP contribution in [0.5, 0.6) is 0 Å². The Labute approximate surface area is 158 Å². The third-order valence-corrected chi connectivity index (χ3v) is 4.38. The van der Waals surface area contributed by atoms with E-state index in [-0.39, 0.29) is 17.2 Å². The first-order valence-corrected chi connectivity index (χ1v) is 8.62. The van der Waals surface area contributed by atoms with Crippen LogP contribution in [0.1, 0.15) is 11.3 Å². The third-order valence-electron chi connectivity index (χ3n) is 4.15. The van der Waals surface area contributed by atoms with E-state index in [4.69, 9.17) is 11.6 Å². The van der Waals surface area contributed by atoms with Crippen molar-refractivity contribution in [2.24, 2.45) is 0 Å². The van der Waals surface area contributed by atoms with Gasteiger partial charge in [0.15, 0.2) is 5.82 Å². The van der Waals surface area contributed by atoms with E-state index < -0.39 is 0 Å². The molecule has 2 aromatic heterocycles. The molecular weight excluding hydrogens is 369 g/mol. The highest BCUT2D eigenvalue weighted by Crippen LogP contribution is 2.20. The fourth-order valence-corrected chi connectivity index (χ4v) is 2.99. The zero-order valence-electron chi connectivity index (χ0n) is 14.3. The number of rotatable bonds is 4. The first-order valence-electron chi connectivity index (χ1n) is 8.24. The second-order valence-electron chi connectivity index (χ2n) is 6.11. The molecule has 4 rings (SSSR count). The van der Waals surface area contributed by atoms with Crippen molar-refractivity contribution >= 4 is 23.1 Å². The molecular formula is C19H15ClFN5O. The largest absolute Gasteiger partial charge is 0.379 e. The van der Waals surface area contributed by atoms with Crippen LogP contribution in [-0.4, -0.2) is 19.6 Å². The highest BCUT2D eigenvalue weighted by molar-refractivity contribution is 6.30. The van der Waals surface area contributed by atoms with Crippen LogP contribution in [0.3, 0.4) is 0 Å². The van der Waals surface area contributed by atoms with Crippen molar-refractivity contribution in [2.75, 3.05) is 5.32 Å². The number of aromatic amines is 1. The summed E-state index contributed by atoms with van der Waals surface area (Å²) in [5.74, 6) is 0.362. The lowest BCUT2D eigenvalue weighted by atomic mass is 10.2. The molecule has 0 amide bonds. The number of hydrogen-bond donors (Lipinski definition) is 2. The van der Waals surface area contributed by atoms with Crippen molar-refractivity contribution in [2.45, 2.75) is 13.5 Å². The molecule has 0 radical (unpaired) electrons. The van der Waals surface area contributed by atoms with Gasteiger partial charge in [0, 0.05) is 22.3 Å². The van der Waals surface area contributed by atoms with E-state index in [2.05, 4.69) is 20.4 Å². The van der Waals surface area contributed by atoms with Crippen LogP contribution in [0.2, 0.25) is 5.02 Å². The van der Waals surface area contributed by atoms with Gasteiger partial charge in [0.05, 0.1) is 12.2 Å². The molecule has 0 saturated carbocycles. The average molecular weight is 384 g/mol. The molecule has 0 aliphatic rings. The monoisotopic (exact) mass is 383 g/mol. The van der Waals surface area contributed by atoms with Gasteiger partial charge in [0.25, 0.3) is 11.3 Å². The normalized spacial score (nSPS) is 11.1. The van der Waals surface area contributed by atoms with E-state index in [1.807, 2.05) is 19.1 Å². The third kappa shape index (κ3) is 3.54. The van der Waals surface area contributed by atoms with E-state index in [1.54, 1.807) is 18.2 Å². The number of halogens is 2. The number of anilines is 1. The summed E-state index contributed by atoms with van der Waals surface area (Å²) in [7, 11) is 0. The van der Waals surface area contributed by atoms with Gasteiger partial charge in [-0.3, -0.25) is 9.89 Å². The lowest BCUT2D eigenvalue weighted by Crippen LogP contribution is -2.17. The Morgan fingerprint density at radius 1 is 1.15 bits per heavy atom. The lowest BCUT2D eigenvalue weighted by molar-refractivity contribution is 0.628. The maximum atomic E-state index is 13.1. The molecule has 0 unspecified atom stereocenters. The van der Waals surface area contributed by atoms with Gasteiger partial charge in [-0.2, -0.15) is 9.50 Å². The van der Waals surface area contributed by atoms with Crippen LogP contribution in [-0.2, 0) is 6.54 Å². The Bertz CT molecular complexity index is 1180. The number of benzene rings is 2. The van der Waals surface area contributed by atoms with Crippen LogP contribution in [0.15, 0.2) is 53.3 Å². The topological polar surface area (TPSA) is 75.1 Å². The quantitative estimate of drug-likeness (QED) is 0.562. The van der Waals surface area contributed by atoms with Crippen LogP contribution < -0.4 is 10.9 Å². The molecule has 0 bridgehead atoms. The molecule has 0 fully saturated rings. The summed E-state index contributed by atoms with van der Waals surface area (Å²) < 4.78 is 14.3. The first-order chi connectivity index (χ1) is 13.0. The van der Waals surface area contributed by atoms with Gasteiger partial charge in [-0.05, 0) is 55.0 Å². The van der Waals surface area contributed by atoms with E-state index >= 15 is 0 Å². The first kappa shape index (κ1) is 17.2. The summed E-state index contributed by atoms with van der Waals surface area (Å²) in [5, 5.41) is 6.80. The molecule has 2 aromatic carbocycles. The fourth-order valence-electron chi connectivity index (χ4n) is 2.77. The second-order valence-corrected chi connectivity index (χ2v) is 6.55. The maximum absolute atomic E-state index is 13.1. The lowest BCUT2D eigenvalue weighted by Gasteiger charge is -2.09. The molecule has 0 aliphatic heterocycles. The number of aryl methyl sites for hydroxylation is 1. The molecule has 0 saturated heterocycles. The number of nitrogens with zero attached hydrogens (tertiary/aromatic N) is 3. The molecule has 4 aromatic rings.